The number of aryl methyl sites for hydroxylation is 1. The second-order valence-electron chi connectivity index (χ2n) is 7.65. The summed E-state index contributed by atoms with van der Waals surface area (Å²) < 4.78 is 27.7. The third-order valence-corrected chi connectivity index (χ3v) is 6.70. The molecule has 0 atom stereocenters. The molecule has 3 aromatic rings. The summed E-state index contributed by atoms with van der Waals surface area (Å²) in [5.41, 5.74) is 5.69. The first kappa shape index (κ1) is 24.7. The predicted octanol–water partition coefficient (Wildman–Crippen LogP) is 3.69. The number of amides is 2. The van der Waals surface area contributed by atoms with Crippen LogP contribution in [-0.2, 0) is 19.6 Å². The monoisotopic (exact) mass is 478 g/mol. The fraction of sp³-hybridized carbons (Fsp3) is 0.160. The first-order valence-corrected chi connectivity index (χ1v) is 12.0. The van der Waals surface area contributed by atoms with E-state index in [0.717, 1.165) is 15.4 Å². The van der Waals surface area contributed by atoms with Crippen LogP contribution in [0.5, 0.6) is 0 Å². The van der Waals surface area contributed by atoms with Crippen LogP contribution in [0.3, 0.4) is 0 Å². The van der Waals surface area contributed by atoms with Crippen molar-refractivity contribution in [2.24, 2.45) is 5.10 Å². The molecule has 0 aromatic heterocycles. The number of carbonyl (C=O) groups excluding carboxylic acids is 2. The molecule has 3 aromatic carbocycles. The number of rotatable bonds is 8. The molecule has 176 valence electrons. The van der Waals surface area contributed by atoms with Crippen LogP contribution in [0.15, 0.2) is 88.9 Å². The zero-order chi connectivity index (χ0) is 24.7. The van der Waals surface area contributed by atoms with Gasteiger partial charge in [-0.05, 0) is 55.8 Å². The van der Waals surface area contributed by atoms with Gasteiger partial charge in [0.1, 0.15) is 6.54 Å². The van der Waals surface area contributed by atoms with Crippen molar-refractivity contribution in [2.45, 2.75) is 25.7 Å². The second-order valence-corrected chi connectivity index (χ2v) is 9.51. The molecule has 9 heteroatoms. The normalized spacial score (nSPS) is 11.6. The smallest absolute Gasteiger partial charge is 0.264 e. The molecule has 0 unspecified atom stereocenters. The van der Waals surface area contributed by atoms with Crippen LogP contribution in [0.2, 0.25) is 0 Å². The minimum atomic E-state index is -3.98. The lowest BCUT2D eigenvalue weighted by atomic mass is 10.1. The van der Waals surface area contributed by atoms with E-state index in [1.165, 1.54) is 19.1 Å². The Morgan fingerprint density at radius 3 is 2.09 bits per heavy atom. The van der Waals surface area contributed by atoms with Gasteiger partial charge in [-0.25, -0.2) is 13.8 Å². The zero-order valence-electron chi connectivity index (χ0n) is 19.1. The van der Waals surface area contributed by atoms with E-state index in [1.807, 2.05) is 6.92 Å². The van der Waals surface area contributed by atoms with Crippen LogP contribution in [0.4, 0.5) is 11.4 Å². The van der Waals surface area contributed by atoms with Crippen LogP contribution in [0, 0.1) is 6.92 Å². The number of benzene rings is 3. The Hall–Kier alpha value is -3.98. The quantitative estimate of drug-likeness (QED) is 0.380. The molecule has 8 nitrogen and oxygen atoms in total. The zero-order valence-corrected chi connectivity index (χ0v) is 20.0. The van der Waals surface area contributed by atoms with Crippen molar-refractivity contribution < 1.29 is 18.0 Å². The van der Waals surface area contributed by atoms with Gasteiger partial charge in [0.25, 0.3) is 15.9 Å². The highest BCUT2D eigenvalue weighted by Gasteiger charge is 2.27. The molecule has 0 aliphatic carbocycles. The van der Waals surface area contributed by atoms with E-state index in [0.29, 0.717) is 17.1 Å². The van der Waals surface area contributed by atoms with Crippen LogP contribution in [-0.4, -0.2) is 32.5 Å². The van der Waals surface area contributed by atoms with E-state index in [4.69, 9.17) is 0 Å². The van der Waals surface area contributed by atoms with E-state index in [-0.39, 0.29) is 10.8 Å². The highest BCUT2D eigenvalue weighted by Crippen LogP contribution is 2.23. The minimum Gasteiger partial charge on any atom is -0.326 e. The third-order valence-electron chi connectivity index (χ3n) is 4.91. The molecule has 0 aliphatic rings. The van der Waals surface area contributed by atoms with Gasteiger partial charge in [0.2, 0.25) is 5.91 Å². The van der Waals surface area contributed by atoms with Gasteiger partial charge in [-0.3, -0.25) is 13.9 Å². The van der Waals surface area contributed by atoms with Crippen molar-refractivity contribution in [3.63, 3.8) is 0 Å². The summed E-state index contributed by atoms with van der Waals surface area (Å²) in [6.45, 7) is 4.59. The van der Waals surface area contributed by atoms with Crippen molar-refractivity contribution in [1.82, 2.24) is 5.43 Å². The number of sulfonamides is 1. The Bertz CT molecular complexity index is 1290. The van der Waals surface area contributed by atoms with Gasteiger partial charge in [-0.2, -0.15) is 5.10 Å². The highest BCUT2D eigenvalue weighted by molar-refractivity contribution is 7.92. The number of hydrazone groups is 1. The molecule has 2 N–H and O–H groups in total. The van der Waals surface area contributed by atoms with E-state index < -0.39 is 22.5 Å². The predicted molar refractivity (Wildman–Crippen MR) is 133 cm³/mol. The van der Waals surface area contributed by atoms with Crippen LogP contribution >= 0.6 is 0 Å². The third kappa shape index (κ3) is 6.29. The maximum absolute atomic E-state index is 13.3. The van der Waals surface area contributed by atoms with E-state index in [2.05, 4.69) is 15.8 Å². The summed E-state index contributed by atoms with van der Waals surface area (Å²) in [7, 11) is -3.98. The van der Waals surface area contributed by atoms with Gasteiger partial charge in [-0.1, -0.05) is 48.0 Å². The fourth-order valence-corrected chi connectivity index (χ4v) is 4.56. The summed E-state index contributed by atoms with van der Waals surface area (Å²) in [5, 5.41) is 6.79. The summed E-state index contributed by atoms with van der Waals surface area (Å²) in [4.78, 5) is 23.9. The molecular weight excluding hydrogens is 452 g/mol. The van der Waals surface area contributed by atoms with Crippen molar-refractivity contribution >= 4 is 38.9 Å². The lowest BCUT2D eigenvalue weighted by molar-refractivity contribution is -0.119. The summed E-state index contributed by atoms with van der Waals surface area (Å²) in [6.07, 6.45) is 0. The van der Waals surface area contributed by atoms with Crippen LogP contribution in [0.25, 0.3) is 0 Å². The van der Waals surface area contributed by atoms with Crippen molar-refractivity contribution in [3.05, 3.63) is 90.0 Å². The number of carbonyl (C=O) groups is 2. The Morgan fingerprint density at radius 1 is 0.882 bits per heavy atom. The van der Waals surface area contributed by atoms with Gasteiger partial charge >= 0.3 is 0 Å². The molecule has 0 radical (unpaired) electrons. The average Bonchev–Trinajstić information content (AvgIpc) is 2.82. The van der Waals surface area contributed by atoms with E-state index >= 15 is 0 Å². The number of hydrogen-bond donors (Lipinski definition) is 2. The Morgan fingerprint density at radius 2 is 1.50 bits per heavy atom. The molecular formula is C25H26N4O4S. The van der Waals surface area contributed by atoms with Gasteiger partial charge < -0.3 is 5.32 Å². The molecule has 2 amide bonds. The molecule has 0 aliphatic heterocycles. The first-order chi connectivity index (χ1) is 16.2. The standard InChI is InChI=1S/C25H26N4O4S/c1-18-9-15-23(16-10-18)29(34(32,33)24-7-5-4-6-8-24)17-25(31)28-27-19(2)21-11-13-22(14-12-21)26-20(3)30/h4-16H,17H2,1-3H3,(H,26,30)(H,28,31)/b27-19-. The number of nitrogens with one attached hydrogen (secondary N) is 2. The SMILES string of the molecule is CC(=O)Nc1ccc(/C(C)=N\NC(=O)CN(c2ccc(C)cc2)S(=O)(=O)c2ccccc2)cc1. The number of nitrogens with zero attached hydrogens (tertiary/aromatic N) is 2. The van der Waals surface area contributed by atoms with Gasteiger partial charge in [0.05, 0.1) is 16.3 Å². The number of hydrogen-bond acceptors (Lipinski definition) is 5. The largest absolute Gasteiger partial charge is 0.326 e. The molecule has 3 rings (SSSR count). The summed E-state index contributed by atoms with van der Waals surface area (Å²) in [5.74, 6) is -0.761. The van der Waals surface area contributed by atoms with Crippen LogP contribution < -0.4 is 15.0 Å². The van der Waals surface area contributed by atoms with Gasteiger partial charge in [0.15, 0.2) is 0 Å². The maximum atomic E-state index is 13.3. The fourth-order valence-electron chi connectivity index (χ4n) is 3.12. The second kappa shape index (κ2) is 10.8. The lowest BCUT2D eigenvalue weighted by Crippen LogP contribution is -2.39. The topological polar surface area (TPSA) is 108 Å². The Kier molecular flexibility index (Phi) is 7.80. The first-order valence-electron chi connectivity index (χ1n) is 10.5. The minimum absolute atomic E-state index is 0.0855. The maximum Gasteiger partial charge on any atom is 0.264 e. The van der Waals surface area contributed by atoms with Gasteiger partial charge in [0, 0.05) is 12.6 Å². The molecule has 0 saturated carbocycles. The number of anilines is 2. The Balaban J connectivity index is 1.79. The summed E-state index contributed by atoms with van der Waals surface area (Å²) >= 11 is 0. The van der Waals surface area contributed by atoms with E-state index in [1.54, 1.807) is 73.7 Å². The van der Waals surface area contributed by atoms with Crippen LogP contribution in [0.1, 0.15) is 25.0 Å². The van der Waals surface area contributed by atoms with Crippen molar-refractivity contribution in [1.29, 1.82) is 0 Å². The highest BCUT2D eigenvalue weighted by atomic mass is 32.2. The van der Waals surface area contributed by atoms with Gasteiger partial charge in [-0.15, -0.1) is 0 Å². The molecule has 34 heavy (non-hydrogen) atoms. The molecule has 0 fully saturated rings. The molecule has 0 spiro atoms. The Labute approximate surface area is 199 Å². The summed E-state index contributed by atoms with van der Waals surface area (Å²) in [6, 6.07) is 21.8. The van der Waals surface area contributed by atoms with Crippen molar-refractivity contribution in [3.8, 4) is 0 Å². The molecule has 0 bridgehead atoms. The lowest BCUT2D eigenvalue weighted by Gasteiger charge is -2.23. The van der Waals surface area contributed by atoms with E-state index in [9.17, 15) is 18.0 Å². The van der Waals surface area contributed by atoms with Crippen molar-refractivity contribution in [2.75, 3.05) is 16.2 Å². The molecule has 0 saturated heterocycles. The molecule has 0 heterocycles. The average molecular weight is 479 g/mol.